The molecule has 0 fully saturated rings. The maximum absolute atomic E-state index is 14.9. The Hall–Kier alpha value is -4.47. The number of hydrogen-bond donors (Lipinski definition) is 2. The topological polar surface area (TPSA) is 136 Å². The van der Waals surface area contributed by atoms with Crippen LogP contribution in [0, 0.1) is 5.82 Å². The third-order valence-corrected chi connectivity index (χ3v) is 5.71. The fraction of sp³-hybridized carbons (Fsp3) is 0.261. The van der Waals surface area contributed by atoms with Gasteiger partial charge in [-0.2, -0.15) is 27.1 Å². The Balaban J connectivity index is 0.000000532. The zero-order valence-corrected chi connectivity index (χ0v) is 20.0. The van der Waals surface area contributed by atoms with E-state index in [2.05, 4.69) is 10.1 Å². The molecule has 1 aliphatic heterocycles. The summed E-state index contributed by atoms with van der Waals surface area (Å²) in [5.41, 5.74) is 6.07. The summed E-state index contributed by atoms with van der Waals surface area (Å²) in [4.78, 5) is 39.8. The maximum atomic E-state index is 14.9. The van der Waals surface area contributed by atoms with E-state index in [-0.39, 0.29) is 11.7 Å². The summed E-state index contributed by atoms with van der Waals surface area (Å²) >= 11 is 0. The normalized spacial score (nSPS) is 14.8. The molecule has 16 heteroatoms. The van der Waals surface area contributed by atoms with Gasteiger partial charge < -0.3 is 15.7 Å². The predicted molar refractivity (Wildman–Crippen MR) is 124 cm³/mol. The number of halogens is 6. The fourth-order valence-corrected chi connectivity index (χ4v) is 3.72. The highest BCUT2D eigenvalue weighted by Crippen LogP contribution is 2.34. The van der Waals surface area contributed by atoms with Crippen molar-refractivity contribution in [3.8, 4) is 5.82 Å². The van der Waals surface area contributed by atoms with Crippen LogP contribution in [0.2, 0.25) is 0 Å². The van der Waals surface area contributed by atoms with Crippen LogP contribution in [0.1, 0.15) is 17.0 Å². The number of benzene rings is 1. The average molecular weight is 558 g/mol. The van der Waals surface area contributed by atoms with Crippen LogP contribution in [0.4, 0.5) is 32.0 Å². The van der Waals surface area contributed by atoms with Crippen molar-refractivity contribution in [2.75, 3.05) is 18.5 Å². The van der Waals surface area contributed by atoms with Gasteiger partial charge in [-0.3, -0.25) is 4.79 Å². The zero-order valence-electron chi connectivity index (χ0n) is 20.0. The van der Waals surface area contributed by atoms with E-state index < -0.39 is 54.3 Å². The number of carbonyl (C=O) groups excluding carboxylic acids is 1. The van der Waals surface area contributed by atoms with Crippen LogP contribution >= 0.6 is 0 Å². The van der Waals surface area contributed by atoms with Gasteiger partial charge in [0, 0.05) is 31.0 Å². The second-order valence-corrected chi connectivity index (χ2v) is 8.17. The highest BCUT2D eigenvalue weighted by Gasteiger charge is 2.38. The summed E-state index contributed by atoms with van der Waals surface area (Å²) in [5, 5.41) is 10.9. The minimum absolute atomic E-state index is 0.197. The highest BCUT2D eigenvalue weighted by atomic mass is 19.4. The second-order valence-electron chi connectivity index (χ2n) is 8.17. The molecule has 3 heterocycles. The number of carbonyl (C=O) groups is 2. The third-order valence-electron chi connectivity index (χ3n) is 5.71. The quantitative estimate of drug-likeness (QED) is 0.460. The molecular weight excluding hydrogens is 538 g/mol. The predicted octanol–water partition coefficient (Wildman–Crippen LogP) is 2.61. The van der Waals surface area contributed by atoms with E-state index in [1.54, 1.807) is 7.05 Å². The molecule has 1 amide bonds. The molecule has 2 aromatic heterocycles. The average Bonchev–Trinajstić information content (AvgIpc) is 3.23. The number of hydrogen-bond acceptors (Lipinski definition) is 6. The lowest BCUT2D eigenvalue weighted by molar-refractivity contribution is -0.192. The number of amides is 1. The fourth-order valence-electron chi connectivity index (χ4n) is 3.72. The van der Waals surface area contributed by atoms with Gasteiger partial charge in [-0.15, -0.1) is 0 Å². The van der Waals surface area contributed by atoms with Crippen LogP contribution < -0.4 is 16.3 Å². The molecule has 208 valence electrons. The van der Waals surface area contributed by atoms with E-state index in [0.717, 1.165) is 32.9 Å². The van der Waals surface area contributed by atoms with E-state index in [1.807, 2.05) is 24.3 Å². The minimum atomic E-state index is -5.08. The summed E-state index contributed by atoms with van der Waals surface area (Å²) in [5.74, 6) is -4.77. The molecule has 1 aliphatic rings. The van der Waals surface area contributed by atoms with Crippen molar-refractivity contribution in [1.82, 2.24) is 19.3 Å². The van der Waals surface area contributed by atoms with Crippen molar-refractivity contribution in [2.45, 2.75) is 25.1 Å². The summed E-state index contributed by atoms with van der Waals surface area (Å²) in [6.45, 7) is -0.970. The number of aromatic nitrogens is 4. The molecule has 1 atom stereocenters. The summed E-state index contributed by atoms with van der Waals surface area (Å²) in [7, 11) is 1.66. The van der Waals surface area contributed by atoms with Crippen molar-refractivity contribution in [3.63, 3.8) is 0 Å². The lowest BCUT2D eigenvalue weighted by Crippen LogP contribution is -2.37. The number of fused-ring (bicyclic) bond motifs is 1. The molecule has 39 heavy (non-hydrogen) atoms. The Morgan fingerprint density at radius 3 is 2.41 bits per heavy atom. The molecule has 0 radical (unpaired) electrons. The zero-order chi connectivity index (χ0) is 29.1. The van der Waals surface area contributed by atoms with Crippen molar-refractivity contribution in [3.05, 3.63) is 81.9 Å². The minimum Gasteiger partial charge on any atom is -0.475 e. The van der Waals surface area contributed by atoms with Gasteiger partial charge in [0.1, 0.15) is 6.33 Å². The number of nitrogens with two attached hydrogens (primary N) is 1. The molecule has 10 nitrogen and oxygen atoms in total. The van der Waals surface area contributed by atoms with Crippen molar-refractivity contribution in [1.29, 1.82) is 0 Å². The molecule has 0 saturated carbocycles. The van der Waals surface area contributed by atoms with Gasteiger partial charge in [-0.25, -0.2) is 28.2 Å². The first kappa shape index (κ1) is 29.1. The summed E-state index contributed by atoms with van der Waals surface area (Å²) in [6.07, 6.45) is -4.36. The Kier molecular flexibility index (Phi) is 8.58. The SMILES string of the molecule is CN1C(=O)C(c2cnc(-n3cnn(CC(CN)=C(F)F)c3=O)c(F)c2)Cc2ccccc21.O=C(O)C(F)(F)F. The van der Waals surface area contributed by atoms with Crippen LogP contribution in [0.5, 0.6) is 0 Å². The molecule has 0 bridgehead atoms. The van der Waals surface area contributed by atoms with Crippen LogP contribution in [0.25, 0.3) is 5.82 Å². The van der Waals surface area contributed by atoms with Crippen molar-refractivity contribution < 1.29 is 41.0 Å². The number of para-hydroxylation sites is 1. The maximum Gasteiger partial charge on any atom is 0.490 e. The van der Waals surface area contributed by atoms with Crippen LogP contribution in [0.15, 0.2) is 59.3 Å². The Labute approximate surface area is 215 Å². The van der Waals surface area contributed by atoms with Gasteiger partial charge in [0.15, 0.2) is 11.6 Å². The first-order chi connectivity index (χ1) is 18.3. The molecule has 4 rings (SSSR count). The standard InChI is InChI=1S/C21H19F3N6O2.C2HF3O2/c1-28-17-5-3-2-4-12(17)6-15(20(28)31)13-7-16(22)19(26-9-13)29-11-27-30(21(29)32)10-14(8-25)18(23)24;3-2(4,5)1(6)7/h2-5,7,9,11,15H,6,8,10,25H2,1H3;(H,6,7). The van der Waals surface area contributed by atoms with Gasteiger partial charge >= 0.3 is 17.8 Å². The first-order valence-electron chi connectivity index (χ1n) is 10.9. The number of nitrogens with zero attached hydrogens (tertiary/aromatic N) is 5. The van der Waals surface area contributed by atoms with E-state index >= 15 is 0 Å². The van der Waals surface area contributed by atoms with Crippen molar-refractivity contribution in [2.24, 2.45) is 5.73 Å². The summed E-state index contributed by atoms with van der Waals surface area (Å²) < 4.78 is 73.9. The van der Waals surface area contributed by atoms with Gasteiger partial charge in [0.05, 0.1) is 12.5 Å². The number of carboxylic acid groups (broad SMARTS) is 1. The van der Waals surface area contributed by atoms with Crippen LogP contribution in [-0.2, 0) is 22.6 Å². The van der Waals surface area contributed by atoms with Gasteiger partial charge in [0.25, 0.3) is 6.08 Å². The third kappa shape index (κ3) is 6.34. The molecule has 1 unspecified atom stereocenters. The Bertz CT molecular complexity index is 1480. The van der Waals surface area contributed by atoms with Gasteiger partial charge in [-0.1, -0.05) is 18.2 Å². The first-order valence-corrected chi connectivity index (χ1v) is 10.9. The number of anilines is 1. The largest absolute Gasteiger partial charge is 0.490 e. The molecule has 0 aliphatic carbocycles. The number of alkyl halides is 3. The lowest BCUT2D eigenvalue weighted by atomic mass is 9.87. The van der Waals surface area contributed by atoms with Crippen molar-refractivity contribution >= 4 is 17.6 Å². The molecule has 3 N–H and O–H groups in total. The number of rotatable bonds is 5. The second kappa shape index (κ2) is 11.5. The molecule has 1 aromatic carbocycles. The molecule has 0 saturated heterocycles. The van der Waals surface area contributed by atoms with E-state index in [4.69, 9.17) is 15.6 Å². The Morgan fingerprint density at radius 1 is 1.21 bits per heavy atom. The summed E-state index contributed by atoms with van der Waals surface area (Å²) in [6, 6.07) is 8.61. The highest BCUT2D eigenvalue weighted by molar-refractivity contribution is 6.00. The number of likely N-dealkylation sites (N-methyl/N-ethyl adjacent to an activating group) is 1. The van der Waals surface area contributed by atoms with Crippen LogP contribution in [-0.4, -0.2) is 56.1 Å². The Morgan fingerprint density at radius 2 is 1.85 bits per heavy atom. The lowest BCUT2D eigenvalue weighted by Gasteiger charge is -2.31. The number of aliphatic carboxylic acids is 1. The van der Waals surface area contributed by atoms with E-state index in [1.165, 1.54) is 11.1 Å². The number of carboxylic acids is 1. The number of pyridine rings is 1. The monoisotopic (exact) mass is 558 g/mol. The van der Waals surface area contributed by atoms with Gasteiger partial charge in [0.2, 0.25) is 5.91 Å². The molecule has 3 aromatic rings. The molecule has 0 spiro atoms. The smallest absolute Gasteiger partial charge is 0.475 e. The van der Waals surface area contributed by atoms with Gasteiger partial charge in [-0.05, 0) is 29.7 Å². The van der Waals surface area contributed by atoms with E-state index in [0.29, 0.717) is 12.0 Å². The van der Waals surface area contributed by atoms with Crippen LogP contribution in [0.3, 0.4) is 0 Å². The van der Waals surface area contributed by atoms with E-state index in [9.17, 15) is 35.9 Å². The molecular formula is C23H20F6N6O4.